The van der Waals surface area contributed by atoms with Crippen LogP contribution < -0.4 is 20.7 Å². The number of halogens is 1. The highest BCUT2D eigenvalue weighted by Gasteiger charge is 2.24. The van der Waals surface area contributed by atoms with Crippen molar-refractivity contribution in [3.63, 3.8) is 0 Å². The maximum atomic E-state index is 12.3. The number of nitrogens with one attached hydrogen (secondary N) is 1. The van der Waals surface area contributed by atoms with Gasteiger partial charge in [0.25, 0.3) is 0 Å². The molecule has 0 spiro atoms. The van der Waals surface area contributed by atoms with Gasteiger partial charge in [0.1, 0.15) is 11.9 Å². The predicted molar refractivity (Wildman–Crippen MR) is 93.2 cm³/mol. The Labute approximate surface area is 140 Å². The van der Waals surface area contributed by atoms with Crippen LogP contribution in [0.4, 0.5) is 17.1 Å². The standard InChI is InChI=1S/C17H18ClN3O2/c1-11-9-21(15-7-6-12(19)8-16(15)23-11)10-17(22)20-14-5-3-2-4-13(14)18/h2-8,11H,9-10,19H2,1H3,(H,20,22). The Bertz CT molecular complexity index is 736. The molecule has 1 aliphatic rings. The van der Waals surface area contributed by atoms with Gasteiger partial charge in [-0.05, 0) is 31.2 Å². The fourth-order valence-electron chi connectivity index (χ4n) is 2.62. The normalized spacial score (nSPS) is 16.4. The molecule has 0 aromatic heterocycles. The summed E-state index contributed by atoms with van der Waals surface area (Å²) in [5, 5.41) is 3.35. The van der Waals surface area contributed by atoms with Gasteiger partial charge < -0.3 is 20.7 Å². The van der Waals surface area contributed by atoms with Gasteiger partial charge in [-0.25, -0.2) is 0 Å². The van der Waals surface area contributed by atoms with Crippen molar-refractivity contribution >= 4 is 34.6 Å². The summed E-state index contributed by atoms with van der Waals surface area (Å²) in [5.74, 6) is 0.573. The summed E-state index contributed by atoms with van der Waals surface area (Å²) < 4.78 is 5.79. The first-order valence-corrected chi connectivity index (χ1v) is 7.76. The molecule has 6 heteroatoms. The fraction of sp³-hybridized carbons (Fsp3) is 0.235. The summed E-state index contributed by atoms with van der Waals surface area (Å²) >= 11 is 6.07. The third-order valence-corrected chi connectivity index (χ3v) is 3.94. The molecule has 120 valence electrons. The fourth-order valence-corrected chi connectivity index (χ4v) is 2.81. The third-order valence-electron chi connectivity index (χ3n) is 3.61. The van der Waals surface area contributed by atoms with Crippen molar-refractivity contribution < 1.29 is 9.53 Å². The van der Waals surface area contributed by atoms with E-state index in [-0.39, 0.29) is 18.6 Å². The molecule has 1 heterocycles. The van der Waals surface area contributed by atoms with Crippen LogP contribution in [0, 0.1) is 0 Å². The maximum absolute atomic E-state index is 12.3. The molecule has 1 unspecified atom stereocenters. The number of hydrogen-bond acceptors (Lipinski definition) is 4. The Hall–Kier alpha value is -2.40. The predicted octanol–water partition coefficient (Wildman–Crippen LogP) is 3.15. The van der Waals surface area contributed by atoms with Crippen LogP contribution in [0.3, 0.4) is 0 Å². The molecule has 2 aromatic carbocycles. The summed E-state index contributed by atoms with van der Waals surface area (Å²) in [6.45, 7) is 2.81. The Morgan fingerprint density at radius 2 is 2.17 bits per heavy atom. The molecule has 23 heavy (non-hydrogen) atoms. The number of benzene rings is 2. The van der Waals surface area contributed by atoms with E-state index >= 15 is 0 Å². The van der Waals surface area contributed by atoms with E-state index < -0.39 is 0 Å². The summed E-state index contributed by atoms with van der Waals surface area (Å²) in [4.78, 5) is 14.3. The molecular formula is C17H18ClN3O2. The first-order valence-electron chi connectivity index (χ1n) is 7.38. The highest BCUT2D eigenvalue weighted by atomic mass is 35.5. The van der Waals surface area contributed by atoms with Gasteiger partial charge in [-0.2, -0.15) is 0 Å². The minimum absolute atomic E-state index is 0.0163. The zero-order valence-corrected chi connectivity index (χ0v) is 13.5. The Balaban J connectivity index is 1.75. The molecule has 0 bridgehead atoms. The Kier molecular flexibility index (Phi) is 4.30. The molecule has 1 atom stereocenters. The van der Waals surface area contributed by atoms with E-state index in [1.807, 2.05) is 30.0 Å². The molecule has 0 fully saturated rings. The van der Waals surface area contributed by atoms with Crippen molar-refractivity contribution in [2.24, 2.45) is 0 Å². The maximum Gasteiger partial charge on any atom is 0.243 e. The highest BCUT2D eigenvalue weighted by Crippen LogP contribution is 2.34. The van der Waals surface area contributed by atoms with Crippen LogP contribution in [0.1, 0.15) is 6.92 Å². The zero-order chi connectivity index (χ0) is 16.4. The number of fused-ring (bicyclic) bond motifs is 1. The second-order valence-electron chi connectivity index (χ2n) is 5.56. The zero-order valence-electron chi connectivity index (χ0n) is 12.8. The smallest absolute Gasteiger partial charge is 0.243 e. The number of carbonyl (C=O) groups excluding carboxylic acids is 1. The number of rotatable bonds is 3. The lowest BCUT2D eigenvalue weighted by Crippen LogP contribution is -2.42. The molecule has 5 nitrogen and oxygen atoms in total. The SMILES string of the molecule is CC1CN(CC(=O)Nc2ccccc2Cl)c2ccc(N)cc2O1. The summed E-state index contributed by atoms with van der Waals surface area (Å²) in [6, 6.07) is 12.6. The minimum atomic E-state index is -0.130. The first kappa shape index (κ1) is 15.5. The van der Waals surface area contributed by atoms with E-state index in [2.05, 4.69) is 5.32 Å². The van der Waals surface area contributed by atoms with Crippen LogP contribution in [0.2, 0.25) is 5.02 Å². The average molecular weight is 332 g/mol. The van der Waals surface area contributed by atoms with Crippen molar-refractivity contribution in [2.75, 3.05) is 29.0 Å². The van der Waals surface area contributed by atoms with E-state index in [0.29, 0.717) is 28.7 Å². The molecule has 3 rings (SSSR count). The second kappa shape index (κ2) is 6.38. The molecule has 0 aliphatic carbocycles. The van der Waals surface area contributed by atoms with Crippen LogP contribution >= 0.6 is 11.6 Å². The number of anilines is 3. The quantitative estimate of drug-likeness (QED) is 0.848. The van der Waals surface area contributed by atoms with Gasteiger partial charge in [0.05, 0.1) is 29.5 Å². The number of ether oxygens (including phenoxy) is 1. The van der Waals surface area contributed by atoms with Crippen molar-refractivity contribution in [3.8, 4) is 5.75 Å². The van der Waals surface area contributed by atoms with Gasteiger partial charge in [-0.3, -0.25) is 4.79 Å². The highest BCUT2D eigenvalue weighted by molar-refractivity contribution is 6.33. The molecule has 1 aliphatic heterocycles. The summed E-state index contributed by atoms with van der Waals surface area (Å²) in [6.07, 6.45) is -0.0163. The minimum Gasteiger partial charge on any atom is -0.487 e. The molecule has 3 N–H and O–H groups in total. The lowest BCUT2D eigenvalue weighted by molar-refractivity contribution is -0.115. The van der Waals surface area contributed by atoms with Crippen molar-refractivity contribution in [1.82, 2.24) is 0 Å². The number of nitrogens with two attached hydrogens (primary N) is 1. The van der Waals surface area contributed by atoms with Gasteiger partial charge in [0.15, 0.2) is 0 Å². The first-order chi connectivity index (χ1) is 11.0. The largest absolute Gasteiger partial charge is 0.487 e. The van der Waals surface area contributed by atoms with Gasteiger partial charge in [0.2, 0.25) is 5.91 Å². The number of para-hydroxylation sites is 1. The molecule has 0 radical (unpaired) electrons. The van der Waals surface area contributed by atoms with Crippen molar-refractivity contribution in [2.45, 2.75) is 13.0 Å². The van der Waals surface area contributed by atoms with Crippen LogP contribution in [0.15, 0.2) is 42.5 Å². The molecular weight excluding hydrogens is 314 g/mol. The van der Waals surface area contributed by atoms with Crippen molar-refractivity contribution in [1.29, 1.82) is 0 Å². The number of hydrogen-bond donors (Lipinski definition) is 2. The van der Waals surface area contributed by atoms with Crippen LogP contribution in [0.25, 0.3) is 0 Å². The number of nitrogens with zero attached hydrogens (tertiary/aromatic N) is 1. The summed E-state index contributed by atoms with van der Waals surface area (Å²) in [5.41, 5.74) is 7.91. The van der Waals surface area contributed by atoms with E-state index in [0.717, 1.165) is 5.69 Å². The van der Waals surface area contributed by atoms with E-state index in [4.69, 9.17) is 22.1 Å². The average Bonchev–Trinajstić information content (AvgIpc) is 2.49. The Morgan fingerprint density at radius 1 is 1.39 bits per heavy atom. The lowest BCUT2D eigenvalue weighted by Gasteiger charge is -2.34. The Morgan fingerprint density at radius 3 is 2.96 bits per heavy atom. The van der Waals surface area contributed by atoms with Crippen LogP contribution in [-0.2, 0) is 4.79 Å². The molecule has 2 aromatic rings. The van der Waals surface area contributed by atoms with E-state index in [9.17, 15) is 4.79 Å². The van der Waals surface area contributed by atoms with Crippen LogP contribution in [-0.4, -0.2) is 25.1 Å². The van der Waals surface area contributed by atoms with Gasteiger partial charge in [0, 0.05) is 11.8 Å². The number of nitrogen functional groups attached to an aromatic ring is 1. The topological polar surface area (TPSA) is 67.6 Å². The molecule has 0 saturated heterocycles. The number of amides is 1. The summed E-state index contributed by atoms with van der Waals surface area (Å²) in [7, 11) is 0. The van der Waals surface area contributed by atoms with E-state index in [1.165, 1.54) is 0 Å². The van der Waals surface area contributed by atoms with E-state index in [1.54, 1.807) is 24.3 Å². The second-order valence-corrected chi connectivity index (χ2v) is 5.97. The molecule has 1 amide bonds. The van der Waals surface area contributed by atoms with Crippen LogP contribution in [0.5, 0.6) is 5.75 Å². The monoisotopic (exact) mass is 331 g/mol. The lowest BCUT2D eigenvalue weighted by atomic mass is 10.2. The van der Waals surface area contributed by atoms with Gasteiger partial charge >= 0.3 is 0 Å². The van der Waals surface area contributed by atoms with Gasteiger partial charge in [-0.15, -0.1) is 0 Å². The van der Waals surface area contributed by atoms with Gasteiger partial charge in [-0.1, -0.05) is 23.7 Å². The third kappa shape index (κ3) is 3.51. The van der Waals surface area contributed by atoms with Crippen molar-refractivity contribution in [3.05, 3.63) is 47.5 Å². The molecule has 0 saturated carbocycles. The number of carbonyl (C=O) groups is 1.